The summed E-state index contributed by atoms with van der Waals surface area (Å²) in [7, 11) is 1.72. The van der Waals surface area contributed by atoms with E-state index in [-0.39, 0.29) is 22.5 Å². The number of benzene rings is 1. The predicted octanol–water partition coefficient (Wildman–Crippen LogP) is 5.06. The van der Waals surface area contributed by atoms with E-state index >= 15 is 0 Å². The molecule has 0 spiro atoms. The van der Waals surface area contributed by atoms with Gasteiger partial charge in [-0.1, -0.05) is 23.2 Å². The summed E-state index contributed by atoms with van der Waals surface area (Å²) >= 11 is 16.4. The highest BCUT2D eigenvalue weighted by atomic mass is 79.9. The molecule has 0 bridgehead atoms. The largest absolute Gasteiger partial charge is 0.443 e. The van der Waals surface area contributed by atoms with Crippen molar-refractivity contribution in [2.75, 3.05) is 25.0 Å². The summed E-state index contributed by atoms with van der Waals surface area (Å²) in [6.45, 7) is 5.98. The van der Waals surface area contributed by atoms with Gasteiger partial charge in [-0.2, -0.15) is 5.26 Å². The Morgan fingerprint density at radius 1 is 1.38 bits per heavy atom. The highest BCUT2D eigenvalue weighted by Crippen LogP contribution is 2.45. The van der Waals surface area contributed by atoms with Gasteiger partial charge in [0.05, 0.1) is 31.8 Å². The maximum absolute atomic E-state index is 12.8. The van der Waals surface area contributed by atoms with Gasteiger partial charge in [0.25, 0.3) is 5.91 Å². The number of carbonyl (C=O) groups is 2. The molecule has 0 unspecified atom stereocenters. The molecule has 2 heterocycles. The standard InChI is InChI=1S/C19H19BrCl2N4O3/c1-19(2,3)29-18(28)25(6-5-23)11-9-10(21)14(22)15-12(11)13(20)16-17(27)24(4)7-8-26(15)16/h9H,6-8H2,1-4H3. The molecule has 1 aliphatic heterocycles. The molecule has 0 saturated heterocycles. The minimum Gasteiger partial charge on any atom is -0.443 e. The lowest BCUT2D eigenvalue weighted by Crippen LogP contribution is -2.37. The quantitative estimate of drug-likeness (QED) is 0.538. The number of hydrogen-bond donors (Lipinski definition) is 0. The van der Waals surface area contributed by atoms with Crippen LogP contribution in [0.5, 0.6) is 0 Å². The number of halogens is 3. The molecular formula is C19H19BrCl2N4O3. The zero-order valence-corrected chi connectivity index (χ0v) is 19.4. The van der Waals surface area contributed by atoms with E-state index in [2.05, 4.69) is 15.9 Å². The number of rotatable bonds is 2. The third kappa shape index (κ3) is 3.79. The van der Waals surface area contributed by atoms with Crippen LogP contribution in [-0.4, -0.2) is 47.2 Å². The Bertz CT molecular complexity index is 1070. The molecule has 3 rings (SSSR count). The van der Waals surface area contributed by atoms with E-state index in [4.69, 9.17) is 27.9 Å². The number of amides is 2. The van der Waals surface area contributed by atoms with Crippen LogP contribution in [0.2, 0.25) is 10.0 Å². The summed E-state index contributed by atoms with van der Waals surface area (Å²) in [4.78, 5) is 28.4. The second kappa shape index (κ2) is 7.71. The van der Waals surface area contributed by atoms with Crippen LogP contribution in [0.4, 0.5) is 10.5 Å². The van der Waals surface area contributed by atoms with Crippen LogP contribution in [0.3, 0.4) is 0 Å². The van der Waals surface area contributed by atoms with E-state index in [1.165, 1.54) is 11.0 Å². The van der Waals surface area contributed by atoms with E-state index < -0.39 is 11.7 Å². The summed E-state index contributed by atoms with van der Waals surface area (Å²) in [6.07, 6.45) is -0.696. The van der Waals surface area contributed by atoms with Crippen molar-refractivity contribution in [1.29, 1.82) is 5.26 Å². The summed E-state index contributed by atoms with van der Waals surface area (Å²) in [5.74, 6) is -0.179. The smallest absolute Gasteiger partial charge is 0.415 e. The second-order valence-electron chi connectivity index (χ2n) is 7.68. The minimum absolute atomic E-state index is 0.179. The normalized spacial score (nSPS) is 14.0. The number of likely N-dealkylation sites (N-methyl/N-ethyl adjacent to an activating group) is 1. The number of anilines is 1. The highest BCUT2D eigenvalue weighted by molar-refractivity contribution is 9.10. The van der Waals surface area contributed by atoms with Crippen LogP contribution in [0, 0.1) is 11.3 Å². The summed E-state index contributed by atoms with van der Waals surface area (Å²) in [5.41, 5.74) is 0.537. The first-order chi connectivity index (χ1) is 13.5. The van der Waals surface area contributed by atoms with Crippen LogP contribution >= 0.6 is 39.1 Å². The molecule has 2 amide bonds. The molecule has 29 heavy (non-hydrogen) atoms. The van der Waals surface area contributed by atoms with Crippen molar-refractivity contribution in [2.45, 2.75) is 32.9 Å². The van der Waals surface area contributed by atoms with E-state index in [1.54, 1.807) is 37.3 Å². The van der Waals surface area contributed by atoms with Gasteiger partial charge >= 0.3 is 6.09 Å². The van der Waals surface area contributed by atoms with E-state index in [1.807, 2.05) is 6.07 Å². The number of nitriles is 1. The summed E-state index contributed by atoms with van der Waals surface area (Å²) in [5, 5.41) is 10.3. The first kappa shape index (κ1) is 21.8. The molecule has 0 fully saturated rings. The molecule has 1 aliphatic rings. The molecule has 1 aromatic carbocycles. The molecule has 154 valence electrons. The SMILES string of the molecule is CN1CCn2c(c(Br)c3c(N(CC#N)C(=O)OC(C)(C)C)cc(Cl)c(Cl)c32)C1=O. The second-order valence-corrected chi connectivity index (χ2v) is 9.26. The lowest BCUT2D eigenvalue weighted by atomic mass is 10.2. The van der Waals surface area contributed by atoms with Crippen molar-refractivity contribution in [2.24, 2.45) is 0 Å². The average Bonchev–Trinajstić information content (AvgIpc) is 2.91. The Balaban J connectivity index is 2.32. The maximum atomic E-state index is 12.8. The van der Waals surface area contributed by atoms with E-state index in [0.717, 1.165) is 0 Å². The van der Waals surface area contributed by atoms with Gasteiger partial charge in [0.1, 0.15) is 17.8 Å². The van der Waals surface area contributed by atoms with Gasteiger partial charge in [-0.05, 0) is 42.8 Å². The van der Waals surface area contributed by atoms with Crippen molar-refractivity contribution < 1.29 is 14.3 Å². The van der Waals surface area contributed by atoms with Gasteiger partial charge in [-0.25, -0.2) is 4.79 Å². The Kier molecular flexibility index (Phi) is 5.78. The third-order valence-corrected chi connectivity index (χ3v) is 6.03. The summed E-state index contributed by atoms with van der Waals surface area (Å²) in [6, 6.07) is 3.49. The van der Waals surface area contributed by atoms with E-state index in [9.17, 15) is 14.9 Å². The van der Waals surface area contributed by atoms with Crippen molar-refractivity contribution in [3.63, 3.8) is 0 Å². The van der Waals surface area contributed by atoms with Crippen LogP contribution in [-0.2, 0) is 11.3 Å². The summed E-state index contributed by atoms with van der Waals surface area (Å²) < 4.78 is 7.75. The van der Waals surface area contributed by atoms with Crippen molar-refractivity contribution in [3.05, 3.63) is 26.3 Å². The number of ether oxygens (including phenoxy) is 1. The van der Waals surface area contributed by atoms with Crippen LogP contribution in [0.25, 0.3) is 10.9 Å². The number of nitrogens with zero attached hydrogens (tertiary/aromatic N) is 4. The molecule has 1 aromatic heterocycles. The van der Waals surface area contributed by atoms with Crippen LogP contribution in [0.15, 0.2) is 10.5 Å². The number of aromatic nitrogens is 1. The van der Waals surface area contributed by atoms with Gasteiger partial charge in [-0.15, -0.1) is 0 Å². The average molecular weight is 502 g/mol. The molecule has 0 N–H and O–H groups in total. The minimum atomic E-state index is -0.754. The van der Waals surface area contributed by atoms with Gasteiger partial charge in [-0.3, -0.25) is 9.69 Å². The van der Waals surface area contributed by atoms with Gasteiger partial charge < -0.3 is 14.2 Å². The van der Waals surface area contributed by atoms with Crippen molar-refractivity contribution in [1.82, 2.24) is 9.47 Å². The Hall–Kier alpha value is -1.95. The number of hydrogen-bond acceptors (Lipinski definition) is 4. The van der Waals surface area contributed by atoms with Gasteiger partial charge in [0.2, 0.25) is 0 Å². The fraction of sp³-hybridized carbons (Fsp3) is 0.421. The fourth-order valence-corrected chi connectivity index (χ4v) is 4.45. The third-order valence-electron chi connectivity index (χ3n) is 4.48. The highest BCUT2D eigenvalue weighted by Gasteiger charge is 2.33. The fourth-order valence-electron chi connectivity index (χ4n) is 3.23. The molecular weight excluding hydrogens is 483 g/mol. The Morgan fingerprint density at radius 3 is 2.62 bits per heavy atom. The maximum Gasteiger partial charge on any atom is 0.415 e. The Morgan fingerprint density at radius 2 is 2.03 bits per heavy atom. The lowest BCUT2D eigenvalue weighted by Gasteiger charge is -2.27. The Labute approximate surface area is 186 Å². The first-order valence-corrected chi connectivity index (χ1v) is 10.4. The molecule has 0 aliphatic carbocycles. The molecule has 0 radical (unpaired) electrons. The van der Waals surface area contributed by atoms with Gasteiger partial charge in [0, 0.05) is 25.5 Å². The van der Waals surface area contributed by atoms with Crippen molar-refractivity contribution in [3.8, 4) is 6.07 Å². The number of fused-ring (bicyclic) bond motifs is 3. The lowest BCUT2D eigenvalue weighted by molar-refractivity contribution is 0.0585. The molecule has 0 atom stereocenters. The monoisotopic (exact) mass is 500 g/mol. The molecule has 2 aromatic rings. The van der Waals surface area contributed by atoms with E-state index in [0.29, 0.717) is 39.8 Å². The van der Waals surface area contributed by atoms with Gasteiger partial charge in [0.15, 0.2) is 0 Å². The molecule has 10 heteroatoms. The topological polar surface area (TPSA) is 78.6 Å². The predicted molar refractivity (Wildman–Crippen MR) is 116 cm³/mol. The zero-order chi connectivity index (χ0) is 21.7. The van der Waals surface area contributed by atoms with Crippen LogP contribution < -0.4 is 4.90 Å². The molecule has 7 nitrogen and oxygen atoms in total. The first-order valence-electron chi connectivity index (χ1n) is 8.80. The van der Waals surface area contributed by atoms with Crippen molar-refractivity contribution >= 4 is 67.7 Å². The van der Waals surface area contributed by atoms with Crippen LogP contribution in [0.1, 0.15) is 31.3 Å². The molecule has 0 saturated carbocycles. The number of carbonyl (C=O) groups excluding carboxylic acids is 2. The zero-order valence-electron chi connectivity index (χ0n) is 16.3.